The van der Waals surface area contributed by atoms with Crippen molar-refractivity contribution in [2.24, 2.45) is 0 Å². The van der Waals surface area contributed by atoms with E-state index in [2.05, 4.69) is 6.58 Å². The number of phenols is 1. The number of hydrogen-bond acceptors (Lipinski definition) is 2. The van der Waals surface area contributed by atoms with E-state index in [1.165, 1.54) is 0 Å². The highest BCUT2D eigenvalue weighted by Crippen LogP contribution is 2.21. The summed E-state index contributed by atoms with van der Waals surface area (Å²) >= 11 is 0. The Morgan fingerprint density at radius 3 is 2.86 bits per heavy atom. The zero-order valence-electron chi connectivity index (χ0n) is 8.49. The Labute approximate surface area is 84.8 Å². The van der Waals surface area contributed by atoms with Gasteiger partial charge in [-0.15, -0.1) is 6.58 Å². The van der Waals surface area contributed by atoms with Crippen molar-refractivity contribution >= 4 is 0 Å². The lowest BCUT2D eigenvalue weighted by atomic mass is 10.2. The number of unbranched alkanes of at least 4 members (excludes halogenated alkanes) is 1. The molecule has 2 nitrogen and oxygen atoms in total. The van der Waals surface area contributed by atoms with Gasteiger partial charge >= 0.3 is 0 Å². The number of benzene rings is 1. The number of aryl methyl sites for hydroxylation is 1. The Kier molecular flexibility index (Phi) is 4.05. The van der Waals surface area contributed by atoms with Crippen molar-refractivity contribution in [1.82, 2.24) is 0 Å². The summed E-state index contributed by atoms with van der Waals surface area (Å²) in [4.78, 5) is 0. The summed E-state index contributed by atoms with van der Waals surface area (Å²) in [5, 5.41) is 9.30. The van der Waals surface area contributed by atoms with E-state index in [1.807, 2.05) is 19.1 Å². The lowest BCUT2D eigenvalue weighted by Gasteiger charge is -2.06. The highest BCUT2D eigenvalue weighted by Gasteiger charge is 1.97. The number of ether oxygens (including phenoxy) is 1. The molecule has 76 valence electrons. The molecule has 14 heavy (non-hydrogen) atoms. The van der Waals surface area contributed by atoms with Crippen molar-refractivity contribution in [2.75, 3.05) is 6.61 Å². The first kappa shape index (κ1) is 10.6. The molecular formula is C12H16O2. The summed E-state index contributed by atoms with van der Waals surface area (Å²) in [7, 11) is 0. The van der Waals surface area contributed by atoms with Crippen LogP contribution in [0.15, 0.2) is 30.9 Å². The molecule has 0 unspecified atom stereocenters. The molecule has 1 N–H and O–H groups in total. The van der Waals surface area contributed by atoms with Crippen LogP contribution in [0.25, 0.3) is 0 Å². The topological polar surface area (TPSA) is 29.5 Å². The minimum Gasteiger partial charge on any atom is -0.508 e. The third-order valence-corrected chi connectivity index (χ3v) is 1.86. The van der Waals surface area contributed by atoms with Crippen molar-refractivity contribution in [1.29, 1.82) is 0 Å². The van der Waals surface area contributed by atoms with Gasteiger partial charge in [-0.3, -0.25) is 0 Å². The maximum absolute atomic E-state index is 9.30. The fraction of sp³-hybridized carbons (Fsp3) is 0.333. The Morgan fingerprint density at radius 2 is 2.21 bits per heavy atom. The highest BCUT2D eigenvalue weighted by molar-refractivity contribution is 5.36. The van der Waals surface area contributed by atoms with Crippen LogP contribution in [0.2, 0.25) is 0 Å². The monoisotopic (exact) mass is 192 g/mol. The van der Waals surface area contributed by atoms with E-state index in [0.29, 0.717) is 6.61 Å². The molecule has 1 rings (SSSR count). The molecule has 0 amide bonds. The number of allylic oxidation sites excluding steroid dienone is 1. The SMILES string of the molecule is C=CCCCOc1cc(C)cc(O)c1. The average Bonchev–Trinajstić information content (AvgIpc) is 2.11. The van der Waals surface area contributed by atoms with Crippen LogP contribution >= 0.6 is 0 Å². The quantitative estimate of drug-likeness (QED) is 0.574. The van der Waals surface area contributed by atoms with Crippen molar-refractivity contribution in [3.05, 3.63) is 36.4 Å². The fourth-order valence-corrected chi connectivity index (χ4v) is 1.23. The summed E-state index contributed by atoms with van der Waals surface area (Å²) in [6.07, 6.45) is 3.78. The number of aromatic hydroxyl groups is 1. The third-order valence-electron chi connectivity index (χ3n) is 1.86. The first-order valence-corrected chi connectivity index (χ1v) is 4.76. The molecule has 0 aliphatic heterocycles. The molecule has 0 atom stereocenters. The standard InChI is InChI=1S/C12H16O2/c1-3-4-5-6-14-12-8-10(2)7-11(13)9-12/h3,7-9,13H,1,4-6H2,2H3. The second-order valence-corrected chi connectivity index (χ2v) is 3.28. The van der Waals surface area contributed by atoms with Crippen LogP contribution in [0.5, 0.6) is 11.5 Å². The largest absolute Gasteiger partial charge is 0.508 e. The first-order valence-electron chi connectivity index (χ1n) is 4.76. The maximum Gasteiger partial charge on any atom is 0.123 e. The Bertz CT molecular complexity index is 285. The van der Waals surface area contributed by atoms with Crippen LogP contribution in [0.1, 0.15) is 18.4 Å². The van der Waals surface area contributed by atoms with E-state index in [1.54, 1.807) is 12.1 Å². The summed E-state index contributed by atoms with van der Waals surface area (Å²) in [5.74, 6) is 0.982. The molecule has 0 heterocycles. The lowest BCUT2D eigenvalue weighted by molar-refractivity contribution is 0.310. The molecule has 0 saturated carbocycles. The second kappa shape index (κ2) is 5.32. The molecule has 0 aliphatic carbocycles. The van der Waals surface area contributed by atoms with Crippen LogP contribution in [-0.2, 0) is 0 Å². The average molecular weight is 192 g/mol. The molecule has 0 aromatic heterocycles. The zero-order chi connectivity index (χ0) is 10.4. The molecule has 0 bridgehead atoms. The molecule has 0 fully saturated rings. The Morgan fingerprint density at radius 1 is 1.43 bits per heavy atom. The normalized spacial score (nSPS) is 9.79. The predicted molar refractivity (Wildman–Crippen MR) is 57.8 cm³/mol. The van der Waals surface area contributed by atoms with Crippen molar-refractivity contribution in [3.8, 4) is 11.5 Å². The predicted octanol–water partition coefficient (Wildman–Crippen LogP) is 3.05. The van der Waals surface area contributed by atoms with Crippen LogP contribution in [0.4, 0.5) is 0 Å². The van der Waals surface area contributed by atoms with E-state index >= 15 is 0 Å². The van der Waals surface area contributed by atoms with Crippen molar-refractivity contribution in [3.63, 3.8) is 0 Å². The van der Waals surface area contributed by atoms with E-state index < -0.39 is 0 Å². The van der Waals surface area contributed by atoms with Gasteiger partial charge < -0.3 is 9.84 Å². The minimum absolute atomic E-state index is 0.253. The van der Waals surface area contributed by atoms with E-state index in [0.717, 1.165) is 24.2 Å². The molecule has 1 aromatic carbocycles. The maximum atomic E-state index is 9.30. The summed E-state index contributed by atoms with van der Waals surface area (Å²) in [5.41, 5.74) is 1.00. The molecule has 1 aromatic rings. The van der Waals surface area contributed by atoms with Gasteiger partial charge in [-0.05, 0) is 37.5 Å². The van der Waals surface area contributed by atoms with E-state index in [4.69, 9.17) is 4.74 Å². The number of rotatable bonds is 5. The van der Waals surface area contributed by atoms with Gasteiger partial charge in [0.15, 0.2) is 0 Å². The fourth-order valence-electron chi connectivity index (χ4n) is 1.23. The first-order chi connectivity index (χ1) is 6.72. The van der Waals surface area contributed by atoms with E-state index in [-0.39, 0.29) is 5.75 Å². The summed E-state index contributed by atoms with van der Waals surface area (Å²) in [6, 6.07) is 5.24. The van der Waals surface area contributed by atoms with Gasteiger partial charge in [0, 0.05) is 6.07 Å². The molecule has 0 aliphatic rings. The van der Waals surface area contributed by atoms with Gasteiger partial charge in [-0.1, -0.05) is 6.08 Å². The smallest absolute Gasteiger partial charge is 0.123 e. The van der Waals surface area contributed by atoms with Crippen molar-refractivity contribution in [2.45, 2.75) is 19.8 Å². The Hall–Kier alpha value is -1.44. The van der Waals surface area contributed by atoms with E-state index in [9.17, 15) is 5.11 Å². The molecule has 0 saturated heterocycles. The van der Waals surface area contributed by atoms with Gasteiger partial charge in [0.2, 0.25) is 0 Å². The number of hydrogen-bond donors (Lipinski definition) is 1. The van der Waals surface area contributed by atoms with Crippen LogP contribution in [-0.4, -0.2) is 11.7 Å². The lowest BCUT2D eigenvalue weighted by Crippen LogP contribution is -1.96. The highest BCUT2D eigenvalue weighted by atomic mass is 16.5. The van der Waals surface area contributed by atoms with Crippen molar-refractivity contribution < 1.29 is 9.84 Å². The van der Waals surface area contributed by atoms with Crippen LogP contribution < -0.4 is 4.74 Å². The number of phenolic OH excluding ortho intramolecular Hbond substituents is 1. The zero-order valence-corrected chi connectivity index (χ0v) is 8.49. The Balaban J connectivity index is 2.46. The van der Waals surface area contributed by atoms with Crippen LogP contribution in [0.3, 0.4) is 0 Å². The molecule has 2 heteroatoms. The van der Waals surface area contributed by atoms with Gasteiger partial charge in [0.05, 0.1) is 6.61 Å². The molecular weight excluding hydrogens is 176 g/mol. The summed E-state index contributed by atoms with van der Waals surface area (Å²) < 4.78 is 5.46. The van der Waals surface area contributed by atoms with Gasteiger partial charge in [-0.2, -0.15) is 0 Å². The molecule has 0 spiro atoms. The van der Waals surface area contributed by atoms with Gasteiger partial charge in [0.1, 0.15) is 11.5 Å². The minimum atomic E-state index is 0.253. The summed E-state index contributed by atoms with van der Waals surface area (Å²) in [6.45, 7) is 6.23. The third kappa shape index (κ3) is 3.52. The van der Waals surface area contributed by atoms with Gasteiger partial charge in [0.25, 0.3) is 0 Å². The molecule has 0 radical (unpaired) electrons. The van der Waals surface area contributed by atoms with Gasteiger partial charge in [-0.25, -0.2) is 0 Å². The second-order valence-electron chi connectivity index (χ2n) is 3.28. The van der Waals surface area contributed by atoms with Crippen LogP contribution in [0, 0.1) is 6.92 Å².